The first kappa shape index (κ1) is 21.8. The topological polar surface area (TPSA) is 62.2 Å². The molecule has 0 fully saturated rings. The maximum atomic E-state index is 13.1. The fourth-order valence-electron chi connectivity index (χ4n) is 2.27. The number of alkyl halides is 3. The van der Waals surface area contributed by atoms with E-state index in [-0.39, 0.29) is 23.5 Å². The lowest BCUT2D eigenvalue weighted by Crippen LogP contribution is -2.11. The number of anilines is 1. The molecule has 0 aromatic heterocycles. The highest BCUT2D eigenvalue weighted by Gasteiger charge is 2.31. The van der Waals surface area contributed by atoms with Crippen molar-refractivity contribution in [1.82, 2.24) is 0 Å². The predicted molar refractivity (Wildman–Crippen MR) is 103 cm³/mol. The van der Waals surface area contributed by atoms with Crippen LogP contribution >= 0.6 is 23.2 Å². The van der Waals surface area contributed by atoms with E-state index in [1.807, 2.05) is 0 Å². The largest absolute Gasteiger partial charge is 0.466 e. The predicted octanol–water partition coefficient (Wildman–Crippen LogP) is 5.72. The Hall–Kier alpha value is -2.51. The van der Waals surface area contributed by atoms with E-state index in [1.165, 1.54) is 19.2 Å². The van der Waals surface area contributed by atoms with Crippen LogP contribution in [0.25, 0.3) is 0 Å². The number of benzene rings is 2. The van der Waals surface area contributed by atoms with Crippen molar-refractivity contribution in [2.45, 2.75) is 12.7 Å². The van der Waals surface area contributed by atoms with Crippen LogP contribution in [0.4, 0.5) is 18.9 Å². The molecule has 0 atom stereocenters. The second-order valence-corrected chi connectivity index (χ2v) is 6.46. The fourth-order valence-corrected chi connectivity index (χ4v) is 2.74. The number of esters is 1. The van der Waals surface area contributed by atoms with Gasteiger partial charge >= 0.3 is 12.1 Å². The van der Waals surface area contributed by atoms with E-state index < -0.39 is 17.7 Å². The second kappa shape index (κ2) is 9.12. The van der Waals surface area contributed by atoms with Crippen LogP contribution in [0.1, 0.15) is 16.7 Å². The Kier molecular flexibility index (Phi) is 7.10. The summed E-state index contributed by atoms with van der Waals surface area (Å²) >= 11 is 11.9. The summed E-state index contributed by atoms with van der Waals surface area (Å²) in [5.41, 5.74) is -0.167. The zero-order valence-corrected chi connectivity index (χ0v) is 16.0. The third kappa shape index (κ3) is 5.74. The van der Waals surface area contributed by atoms with Gasteiger partial charge in [0.2, 0.25) is 0 Å². The van der Waals surface area contributed by atoms with Crippen molar-refractivity contribution in [2.24, 2.45) is 0 Å². The number of ether oxygens (including phenoxy) is 1. The highest BCUT2D eigenvalue weighted by molar-refractivity contribution is 6.35. The molecule has 0 saturated carbocycles. The van der Waals surface area contributed by atoms with Gasteiger partial charge in [0.15, 0.2) is 0 Å². The normalized spacial score (nSPS) is 11.5. The molecule has 0 heterocycles. The zero-order chi connectivity index (χ0) is 20.9. The van der Waals surface area contributed by atoms with Gasteiger partial charge in [-0.05, 0) is 35.9 Å². The van der Waals surface area contributed by atoms with Crippen LogP contribution in [-0.2, 0) is 22.3 Å². The van der Waals surface area contributed by atoms with E-state index in [9.17, 15) is 18.0 Å². The minimum Gasteiger partial charge on any atom is -0.466 e. The molecule has 0 aliphatic heterocycles. The third-order valence-electron chi connectivity index (χ3n) is 3.71. The van der Waals surface area contributed by atoms with Crippen molar-refractivity contribution in [1.29, 1.82) is 5.41 Å². The summed E-state index contributed by atoms with van der Waals surface area (Å²) in [4.78, 5) is 11.2. The van der Waals surface area contributed by atoms with E-state index in [4.69, 9.17) is 28.6 Å². The smallest absolute Gasteiger partial charge is 0.416 e. The molecule has 2 rings (SSSR count). The Morgan fingerprint density at radius 2 is 1.89 bits per heavy atom. The standard InChI is InChI=1S/C19H15Cl2F3N2O2/c1-28-18(27)7-6-16(25)14-5-3-12(19(22,23)24)8-17(14)26-10-11-2-4-13(20)9-15(11)21/h2-9,25-26H,10H2,1H3/b7-6+,25-16?. The minimum absolute atomic E-state index is 0.0698. The van der Waals surface area contributed by atoms with Gasteiger partial charge in [0.05, 0.1) is 18.4 Å². The molecule has 0 spiro atoms. The Morgan fingerprint density at radius 1 is 1.18 bits per heavy atom. The van der Waals surface area contributed by atoms with Crippen molar-refractivity contribution in [2.75, 3.05) is 12.4 Å². The van der Waals surface area contributed by atoms with E-state index in [0.29, 0.717) is 15.6 Å². The molecular weight excluding hydrogens is 416 g/mol. The molecule has 2 aromatic carbocycles. The van der Waals surface area contributed by atoms with Gasteiger partial charge in [-0.2, -0.15) is 13.2 Å². The lowest BCUT2D eigenvalue weighted by atomic mass is 10.0. The highest BCUT2D eigenvalue weighted by atomic mass is 35.5. The summed E-state index contributed by atoms with van der Waals surface area (Å²) in [6.07, 6.45) is -2.38. The van der Waals surface area contributed by atoms with Gasteiger partial charge in [-0.25, -0.2) is 4.79 Å². The lowest BCUT2D eigenvalue weighted by molar-refractivity contribution is -0.137. The molecule has 4 nitrogen and oxygen atoms in total. The molecule has 9 heteroatoms. The highest BCUT2D eigenvalue weighted by Crippen LogP contribution is 2.33. The first-order valence-corrected chi connectivity index (χ1v) is 8.61. The maximum Gasteiger partial charge on any atom is 0.416 e. The average molecular weight is 431 g/mol. The van der Waals surface area contributed by atoms with Crippen LogP contribution in [0, 0.1) is 5.41 Å². The van der Waals surface area contributed by atoms with Gasteiger partial charge in [0.1, 0.15) is 0 Å². The van der Waals surface area contributed by atoms with Crippen molar-refractivity contribution in [3.8, 4) is 0 Å². The maximum absolute atomic E-state index is 13.1. The van der Waals surface area contributed by atoms with Gasteiger partial charge < -0.3 is 15.5 Å². The Morgan fingerprint density at radius 3 is 2.50 bits per heavy atom. The molecular formula is C19H15Cl2F3N2O2. The molecule has 0 aliphatic carbocycles. The lowest BCUT2D eigenvalue weighted by Gasteiger charge is -2.15. The number of allylic oxidation sites excluding steroid dienone is 1. The van der Waals surface area contributed by atoms with Crippen LogP contribution in [0.15, 0.2) is 48.6 Å². The minimum atomic E-state index is -4.54. The van der Waals surface area contributed by atoms with Gasteiger partial charge in [-0.1, -0.05) is 35.3 Å². The summed E-state index contributed by atoms with van der Waals surface area (Å²) in [6, 6.07) is 7.72. The number of halogens is 5. The summed E-state index contributed by atoms with van der Waals surface area (Å²) in [6.45, 7) is 0.109. The number of rotatable bonds is 6. The molecule has 2 N–H and O–H groups in total. The molecule has 2 aromatic rings. The van der Waals surface area contributed by atoms with Crippen LogP contribution in [0.3, 0.4) is 0 Å². The molecule has 148 valence electrons. The van der Waals surface area contributed by atoms with E-state index in [0.717, 1.165) is 24.3 Å². The molecule has 28 heavy (non-hydrogen) atoms. The number of nitrogens with one attached hydrogen (secondary N) is 2. The summed E-state index contributed by atoms with van der Waals surface area (Å²) < 4.78 is 43.7. The van der Waals surface area contributed by atoms with Crippen molar-refractivity contribution in [3.05, 3.63) is 75.3 Å². The van der Waals surface area contributed by atoms with Crippen molar-refractivity contribution < 1.29 is 22.7 Å². The Balaban J connectivity index is 2.36. The van der Waals surface area contributed by atoms with Gasteiger partial charge in [-0.3, -0.25) is 0 Å². The number of hydrogen-bond acceptors (Lipinski definition) is 4. The quantitative estimate of drug-likeness (QED) is 0.349. The number of carbonyl (C=O) groups is 1. The van der Waals surface area contributed by atoms with Crippen LogP contribution in [-0.4, -0.2) is 18.8 Å². The monoisotopic (exact) mass is 430 g/mol. The van der Waals surface area contributed by atoms with Gasteiger partial charge in [-0.15, -0.1) is 0 Å². The molecule has 0 bridgehead atoms. The van der Waals surface area contributed by atoms with E-state index in [2.05, 4.69) is 10.1 Å². The molecule has 0 saturated heterocycles. The zero-order valence-electron chi connectivity index (χ0n) is 14.5. The summed E-state index contributed by atoms with van der Waals surface area (Å²) in [5.74, 6) is -0.681. The summed E-state index contributed by atoms with van der Waals surface area (Å²) in [7, 11) is 1.18. The van der Waals surface area contributed by atoms with Crippen molar-refractivity contribution >= 4 is 40.6 Å². The SMILES string of the molecule is COC(=O)/C=C/C(=N)c1ccc(C(F)(F)F)cc1NCc1ccc(Cl)cc1Cl. The first-order valence-electron chi connectivity index (χ1n) is 7.86. The second-order valence-electron chi connectivity index (χ2n) is 5.62. The molecule has 0 aliphatic rings. The molecule has 0 unspecified atom stereocenters. The Bertz CT molecular complexity index is 928. The van der Waals surface area contributed by atoms with Gasteiger partial charge in [0.25, 0.3) is 0 Å². The first-order chi connectivity index (χ1) is 13.1. The number of methoxy groups -OCH3 is 1. The van der Waals surface area contributed by atoms with E-state index >= 15 is 0 Å². The molecule has 0 amide bonds. The Labute approximate surface area is 169 Å². The summed E-state index contributed by atoms with van der Waals surface area (Å²) in [5, 5.41) is 11.7. The van der Waals surface area contributed by atoms with Crippen LogP contribution < -0.4 is 5.32 Å². The number of hydrogen-bond donors (Lipinski definition) is 2. The van der Waals surface area contributed by atoms with Crippen molar-refractivity contribution in [3.63, 3.8) is 0 Å². The molecule has 0 radical (unpaired) electrons. The van der Waals surface area contributed by atoms with Gasteiger partial charge in [0, 0.05) is 33.9 Å². The fraction of sp³-hybridized carbons (Fsp3) is 0.158. The van der Waals surface area contributed by atoms with Crippen LogP contribution in [0.2, 0.25) is 10.0 Å². The average Bonchev–Trinajstić information content (AvgIpc) is 2.64. The third-order valence-corrected chi connectivity index (χ3v) is 4.30. The number of carbonyl (C=O) groups excluding carboxylic acids is 1. The van der Waals surface area contributed by atoms with Crippen LogP contribution in [0.5, 0.6) is 0 Å². The van der Waals surface area contributed by atoms with E-state index in [1.54, 1.807) is 12.1 Å².